The van der Waals surface area contributed by atoms with Crippen molar-refractivity contribution in [2.45, 2.75) is 49.5 Å². The van der Waals surface area contributed by atoms with Gasteiger partial charge in [-0.2, -0.15) is 4.31 Å². The molecule has 4 rings (SSSR count). The van der Waals surface area contributed by atoms with Crippen LogP contribution in [0.15, 0.2) is 26.3 Å². The van der Waals surface area contributed by atoms with Gasteiger partial charge in [0.15, 0.2) is 0 Å². The predicted octanol–water partition coefficient (Wildman–Crippen LogP) is 2.77. The molecule has 8 heteroatoms. The van der Waals surface area contributed by atoms with Crippen molar-refractivity contribution >= 4 is 10.0 Å². The van der Waals surface area contributed by atoms with Crippen LogP contribution in [0.1, 0.15) is 50.3 Å². The average molecular weight is 337 g/mol. The van der Waals surface area contributed by atoms with Gasteiger partial charge in [-0.25, -0.2) is 8.42 Å². The zero-order valence-corrected chi connectivity index (χ0v) is 13.6. The van der Waals surface area contributed by atoms with Crippen molar-refractivity contribution in [3.8, 4) is 11.5 Å². The molecule has 0 spiro atoms. The zero-order valence-electron chi connectivity index (χ0n) is 12.8. The fourth-order valence-electron chi connectivity index (χ4n) is 3.31. The van der Waals surface area contributed by atoms with E-state index in [1.807, 2.05) is 0 Å². The van der Waals surface area contributed by atoms with Gasteiger partial charge in [-0.05, 0) is 25.7 Å². The van der Waals surface area contributed by atoms with Crippen molar-refractivity contribution in [3.63, 3.8) is 0 Å². The number of rotatable bonds is 4. The molecule has 0 aromatic carbocycles. The molecule has 1 saturated heterocycles. The Bertz CT molecular complexity index is 783. The minimum atomic E-state index is -3.56. The molecule has 1 aliphatic carbocycles. The summed E-state index contributed by atoms with van der Waals surface area (Å²) in [5.74, 6) is 1.29. The molecule has 0 unspecified atom stereocenters. The molecule has 7 nitrogen and oxygen atoms in total. The highest BCUT2D eigenvalue weighted by molar-refractivity contribution is 7.89. The van der Waals surface area contributed by atoms with Crippen molar-refractivity contribution in [1.29, 1.82) is 0 Å². The second kappa shape index (κ2) is 5.76. The van der Waals surface area contributed by atoms with Crippen molar-refractivity contribution in [2.24, 2.45) is 0 Å². The molecule has 2 aliphatic rings. The van der Waals surface area contributed by atoms with E-state index in [9.17, 15) is 8.42 Å². The molecule has 0 atom stereocenters. The van der Waals surface area contributed by atoms with Crippen LogP contribution in [0.3, 0.4) is 0 Å². The van der Waals surface area contributed by atoms with Gasteiger partial charge < -0.3 is 8.83 Å². The standard InChI is InChI=1S/C15H19N3O4S/c19-23(20,18-7-3-4-8-18)13-9-12(10-21-13)15-17-16-14(22-15)11-5-1-2-6-11/h9-11H,1-8H2. The molecular weight excluding hydrogens is 318 g/mol. The van der Waals surface area contributed by atoms with Crippen LogP contribution < -0.4 is 0 Å². The smallest absolute Gasteiger partial charge is 0.276 e. The monoisotopic (exact) mass is 337 g/mol. The summed E-state index contributed by atoms with van der Waals surface area (Å²) in [7, 11) is -3.56. The van der Waals surface area contributed by atoms with Gasteiger partial charge in [-0.15, -0.1) is 10.2 Å². The summed E-state index contributed by atoms with van der Waals surface area (Å²) < 4.78 is 37.4. The largest absolute Gasteiger partial charge is 0.451 e. The van der Waals surface area contributed by atoms with Crippen LogP contribution >= 0.6 is 0 Å². The van der Waals surface area contributed by atoms with Crippen molar-refractivity contribution < 1.29 is 17.3 Å². The first-order valence-corrected chi connectivity index (χ1v) is 9.51. The van der Waals surface area contributed by atoms with Crippen LogP contribution in [-0.2, 0) is 10.0 Å². The lowest BCUT2D eigenvalue weighted by molar-refractivity contribution is 0.411. The Hall–Kier alpha value is -1.67. The first kappa shape index (κ1) is 14.9. The third kappa shape index (κ3) is 2.70. The molecule has 2 fully saturated rings. The van der Waals surface area contributed by atoms with Crippen LogP contribution in [0.25, 0.3) is 11.5 Å². The maximum atomic E-state index is 12.5. The SMILES string of the molecule is O=S(=O)(c1cc(-c2nnc(C3CCCC3)o2)co1)N1CCCC1. The van der Waals surface area contributed by atoms with E-state index in [4.69, 9.17) is 8.83 Å². The van der Waals surface area contributed by atoms with E-state index in [0.717, 1.165) is 25.7 Å². The van der Waals surface area contributed by atoms with Gasteiger partial charge in [-0.1, -0.05) is 12.8 Å². The molecule has 0 amide bonds. The molecule has 124 valence electrons. The van der Waals surface area contributed by atoms with Gasteiger partial charge in [-0.3, -0.25) is 0 Å². The third-order valence-corrected chi connectivity index (χ3v) is 6.39. The minimum absolute atomic E-state index is 0.0602. The zero-order chi connectivity index (χ0) is 15.9. The highest BCUT2D eigenvalue weighted by Crippen LogP contribution is 2.35. The fraction of sp³-hybridized carbons (Fsp3) is 0.600. The van der Waals surface area contributed by atoms with E-state index < -0.39 is 10.0 Å². The number of nitrogens with zero attached hydrogens (tertiary/aromatic N) is 3. The Morgan fingerprint density at radius 3 is 2.57 bits per heavy atom. The molecule has 0 bridgehead atoms. The molecule has 2 aromatic rings. The number of aromatic nitrogens is 2. The first-order chi connectivity index (χ1) is 11.1. The lowest BCUT2D eigenvalue weighted by Gasteiger charge is -2.12. The quantitative estimate of drug-likeness (QED) is 0.852. The van der Waals surface area contributed by atoms with Crippen LogP contribution in [0.2, 0.25) is 0 Å². The van der Waals surface area contributed by atoms with E-state index in [2.05, 4.69) is 10.2 Å². The first-order valence-electron chi connectivity index (χ1n) is 8.07. The normalized spacial score (nSPS) is 20.5. The lowest BCUT2D eigenvalue weighted by atomic mass is 10.1. The summed E-state index contributed by atoms with van der Waals surface area (Å²) in [5, 5.41) is 8.08. The number of furan rings is 1. The maximum absolute atomic E-state index is 12.5. The van der Waals surface area contributed by atoms with E-state index in [1.54, 1.807) is 0 Å². The van der Waals surface area contributed by atoms with Gasteiger partial charge in [0, 0.05) is 25.1 Å². The Balaban J connectivity index is 1.58. The highest BCUT2D eigenvalue weighted by atomic mass is 32.2. The lowest BCUT2D eigenvalue weighted by Crippen LogP contribution is -2.27. The summed E-state index contributed by atoms with van der Waals surface area (Å²) in [6.07, 6.45) is 7.67. The Morgan fingerprint density at radius 1 is 1.09 bits per heavy atom. The summed E-state index contributed by atoms with van der Waals surface area (Å²) in [5.41, 5.74) is 0.513. The second-order valence-electron chi connectivity index (χ2n) is 6.19. The molecule has 3 heterocycles. The molecule has 0 N–H and O–H groups in total. The molecule has 0 radical (unpaired) electrons. The fourth-order valence-corrected chi connectivity index (χ4v) is 4.75. The molecular formula is C15H19N3O4S. The van der Waals surface area contributed by atoms with Gasteiger partial charge in [0.2, 0.25) is 11.0 Å². The van der Waals surface area contributed by atoms with Crippen molar-refractivity contribution in [1.82, 2.24) is 14.5 Å². The van der Waals surface area contributed by atoms with E-state index in [-0.39, 0.29) is 5.09 Å². The number of hydrogen-bond donors (Lipinski definition) is 0. The molecule has 23 heavy (non-hydrogen) atoms. The molecule has 2 aromatic heterocycles. The van der Waals surface area contributed by atoms with Gasteiger partial charge >= 0.3 is 0 Å². The Morgan fingerprint density at radius 2 is 1.83 bits per heavy atom. The van der Waals surface area contributed by atoms with Crippen LogP contribution in [0.5, 0.6) is 0 Å². The third-order valence-electron chi connectivity index (χ3n) is 4.63. The van der Waals surface area contributed by atoms with Gasteiger partial charge in [0.05, 0.1) is 5.56 Å². The van der Waals surface area contributed by atoms with E-state index >= 15 is 0 Å². The van der Waals surface area contributed by atoms with Crippen LogP contribution in [-0.4, -0.2) is 36.0 Å². The minimum Gasteiger partial charge on any atom is -0.451 e. The topological polar surface area (TPSA) is 89.4 Å². The maximum Gasteiger partial charge on any atom is 0.276 e. The average Bonchev–Trinajstić information content (AvgIpc) is 3.36. The highest BCUT2D eigenvalue weighted by Gasteiger charge is 2.31. The van der Waals surface area contributed by atoms with Crippen molar-refractivity contribution in [2.75, 3.05) is 13.1 Å². The predicted molar refractivity (Wildman–Crippen MR) is 81.2 cm³/mol. The molecule has 1 saturated carbocycles. The van der Waals surface area contributed by atoms with E-state index in [1.165, 1.54) is 29.5 Å². The summed E-state index contributed by atoms with van der Waals surface area (Å²) in [4.78, 5) is 0. The van der Waals surface area contributed by atoms with Crippen molar-refractivity contribution in [3.05, 3.63) is 18.2 Å². The number of sulfonamides is 1. The summed E-state index contributed by atoms with van der Waals surface area (Å²) in [6, 6.07) is 1.47. The second-order valence-corrected chi connectivity index (χ2v) is 8.06. The summed E-state index contributed by atoms with van der Waals surface area (Å²) in [6.45, 7) is 1.09. The summed E-state index contributed by atoms with van der Waals surface area (Å²) >= 11 is 0. The molecule has 1 aliphatic heterocycles. The Labute approximate surface area is 134 Å². The Kier molecular flexibility index (Phi) is 3.73. The van der Waals surface area contributed by atoms with E-state index in [0.29, 0.717) is 36.4 Å². The van der Waals surface area contributed by atoms with Crippen LogP contribution in [0.4, 0.5) is 0 Å². The van der Waals surface area contributed by atoms with Gasteiger partial charge in [0.1, 0.15) is 6.26 Å². The van der Waals surface area contributed by atoms with Gasteiger partial charge in [0.25, 0.3) is 15.9 Å². The van der Waals surface area contributed by atoms with Crippen LogP contribution in [0, 0.1) is 0 Å². The number of hydrogen-bond acceptors (Lipinski definition) is 6.